The number of hydrogen-bond acceptors (Lipinski definition) is 5. The number of nitriles is 1. The van der Waals surface area contributed by atoms with Gasteiger partial charge < -0.3 is 9.73 Å². The predicted octanol–water partition coefficient (Wildman–Crippen LogP) is 4.81. The highest BCUT2D eigenvalue weighted by Crippen LogP contribution is 2.42. The molecule has 1 aliphatic heterocycles. The standard InChI is InChI=1S/C24H17ClFN3O3S/c25-16-4-1-3-15(11-16)12-21-23(31)29(18-8-6-17(26)7-9-18)24(33-21)20(13-27)22(30)28-14-19-5-2-10-32-19/h1-11,21H,12,14H2,(H,28,30)/b24-20-. The van der Waals surface area contributed by atoms with Crippen molar-refractivity contribution in [3.05, 3.63) is 99.7 Å². The van der Waals surface area contributed by atoms with Crippen LogP contribution in [0.1, 0.15) is 11.3 Å². The Morgan fingerprint density at radius 1 is 1.21 bits per heavy atom. The first-order valence-electron chi connectivity index (χ1n) is 9.92. The average Bonchev–Trinajstić information content (AvgIpc) is 3.42. The minimum Gasteiger partial charge on any atom is -0.467 e. The van der Waals surface area contributed by atoms with Gasteiger partial charge in [0.15, 0.2) is 0 Å². The van der Waals surface area contributed by atoms with Crippen molar-refractivity contribution in [2.75, 3.05) is 4.90 Å². The van der Waals surface area contributed by atoms with Crippen LogP contribution in [0.3, 0.4) is 0 Å². The first kappa shape index (κ1) is 22.6. The van der Waals surface area contributed by atoms with E-state index in [4.69, 9.17) is 16.0 Å². The summed E-state index contributed by atoms with van der Waals surface area (Å²) in [4.78, 5) is 27.5. The van der Waals surface area contributed by atoms with Gasteiger partial charge >= 0.3 is 0 Å². The van der Waals surface area contributed by atoms with E-state index < -0.39 is 17.0 Å². The van der Waals surface area contributed by atoms with Crippen molar-refractivity contribution < 1.29 is 18.4 Å². The van der Waals surface area contributed by atoms with Crippen molar-refractivity contribution in [3.8, 4) is 6.07 Å². The van der Waals surface area contributed by atoms with E-state index in [0.29, 0.717) is 22.9 Å². The number of thioether (sulfide) groups is 1. The molecule has 1 aromatic heterocycles. The lowest BCUT2D eigenvalue weighted by Crippen LogP contribution is -2.32. The second-order valence-electron chi connectivity index (χ2n) is 7.14. The van der Waals surface area contributed by atoms with Gasteiger partial charge in [-0.05, 0) is 60.5 Å². The Balaban J connectivity index is 1.68. The monoisotopic (exact) mass is 481 g/mol. The number of rotatable bonds is 6. The Bertz CT molecular complexity index is 1250. The molecule has 1 N–H and O–H groups in total. The number of furan rings is 1. The molecule has 1 fully saturated rings. The summed E-state index contributed by atoms with van der Waals surface area (Å²) in [6.07, 6.45) is 1.82. The van der Waals surface area contributed by atoms with Gasteiger partial charge in [-0.1, -0.05) is 35.5 Å². The Hall–Kier alpha value is -3.54. The van der Waals surface area contributed by atoms with Gasteiger partial charge in [0, 0.05) is 10.7 Å². The second-order valence-corrected chi connectivity index (χ2v) is 8.77. The van der Waals surface area contributed by atoms with E-state index in [1.54, 1.807) is 30.3 Å². The quantitative estimate of drug-likeness (QED) is 0.403. The summed E-state index contributed by atoms with van der Waals surface area (Å²) in [5.41, 5.74) is 0.997. The van der Waals surface area contributed by atoms with Crippen LogP contribution in [0, 0.1) is 17.1 Å². The smallest absolute Gasteiger partial charge is 0.265 e. The maximum Gasteiger partial charge on any atom is 0.265 e. The van der Waals surface area contributed by atoms with Gasteiger partial charge in [-0.2, -0.15) is 5.26 Å². The molecule has 0 bridgehead atoms. The van der Waals surface area contributed by atoms with E-state index in [9.17, 15) is 19.2 Å². The summed E-state index contributed by atoms with van der Waals surface area (Å²) in [5.74, 6) is -0.890. The van der Waals surface area contributed by atoms with Crippen molar-refractivity contribution in [1.82, 2.24) is 5.32 Å². The largest absolute Gasteiger partial charge is 0.467 e. The highest BCUT2D eigenvalue weighted by Gasteiger charge is 2.40. The molecule has 0 saturated carbocycles. The summed E-state index contributed by atoms with van der Waals surface area (Å²) in [6.45, 7) is 0.0887. The van der Waals surface area contributed by atoms with Crippen molar-refractivity contribution in [1.29, 1.82) is 5.26 Å². The van der Waals surface area contributed by atoms with Crippen molar-refractivity contribution >= 4 is 40.9 Å². The number of carbonyl (C=O) groups is 2. The number of carbonyl (C=O) groups excluding carboxylic acids is 2. The summed E-state index contributed by atoms with van der Waals surface area (Å²) in [7, 11) is 0. The van der Waals surface area contributed by atoms with Gasteiger partial charge in [0.2, 0.25) is 5.91 Å². The van der Waals surface area contributed by atoms with E-state index in [1.165, 1.54) is 35.4 Å². The number of benzene rings is 2. The van der Waals surface area contributed by atoms with Crippen LogP contribution in [0.15, 0.2) is 81.9 Å². The first-order valence-corrected chi connectivity index (χ1v) is 11.2. The van der Waals surface area contributed by atoms with Crippen LogP contribution in [0.2, 0.25) is 5.02 Å². The Labute approximate surface area is 198 Å². The lowest BCUT2D eigenvalue weighted by atomic mass is 10.1. The number of halogens is 2. The zero-order chi connectivity index (χ0) is 23.4. The lowest BCUT2D eigenvalue weighted by Gasteiger charge is -2.18. The molecule has 9 heteroatoms. The highest BCUT2D eigenvalue weighted by molar-refractivity contribution is 8.05. The molecular weight excluding hydrogens is 465 g/mol. The zero-order valence-electron chi connectivity index (χ0n) is 17.1. The van der Waals surface area contributed by atoms with Gasteiger partial charge in [-0.3, -0.25) is 14.5 Å². The molecule has 33 heavy (non-hydrogen) atoms. The van der Waals surface area contributed by atoms with E-state index in [2.05, 4.69) is 5.32 Å². The SMILES string of the molecule is N#C/C(C(=O)NCc1ccco1)=C1/SC(Cc2cccc(Cl)c2)C(=O)N1c1ccc(F)cc1. The summed E-state index contributed by atoms with van der Waals surface area (Å²) in [6, 6.07) is 17.8. The van der Waals surface area contributed by atoms with Crippen LogP contribution in [-0.2, 0) is 22.6 Å². The lowest BCUT2D eigenvalue weighted by molar-refractivity contribution is -0.117. The molecule has 6 nitrogen and oxygen atoms in total. The molecule has 0 radical (unpaired) electrons. The van der Waals surface area contributed by atoms with E-state index >= 15 is 0 Å². The van der Waals surface area contributed by atoms with Crippen molar-refractivity contribution in [2.24, 2.45) is 0 Å². The van der Waals surface area contributed by atoms with E-state index in [0.717, 1.165) is 17.3 Å². The number of nitrogens with zero attached hydrogens (tertiary/aromatic N) is 2. The molecular formula is C24H17ClFN3O3S. The van der Waals surface area contributed by atoms with Crippen molar-refractivity contribution in [2.45, 2.75) is 18.2 Å². The van der Waals surface area contributed by atoms with Gasteiger partial charge in [0.25, 0.3) is 5.91 Å². The van der Waals surface area contributed by atoms with Crippen LogP contribution < -0.4 is 10.2 Å². The maximum atomic E-state index is 13.5. The molecule has 1 atom stereocenters. The van der Waals surface area contributed by atoms with Crippen LogP contribution in [0.4, 0.5) is 10.1 Å². The average molecular weight is 482 g/mol. The van der Waals surface area contributed by atoms with E-state index in [1.807, 2.05) is 12.1 Å². The van der Waals surface area contributed by atoms with Crippen molar-refractivity contribution in [3.63, 3.8) is 0 Å². The zero-order valence-corrected chi connectivity index (χ0v) is 18.7. The Morgan fingerprint density at radius 2 is 2.00 bits per heavy atom. The van der Waals surface area contributed by atoms with Gasteiger partial charge in [0.05, 0.1) is 18.1 Å². The topological polar surface area (TPSA) is 86.3 Å². The van der Waals surface area contributed by atoms with E-state index in [-0.39, 0.29) is 23.1 Å². The molecule has 1 aliphatic rings. The fraction of sp³-hybridized carbons (Fsp3) is 0.125. The normalized spacial score (nSPS) is 17.1. The van der Waals surface area contributed by atoms with Crippen LogP contribution in [0.5, 0.6) is 0 Å². The molecule has 166 valence electrons. The van der Waals surface area contributed by atoms with Gasteiger partial charge in [0.1, 0.15) is 28.2 Å². The molecule has 0 spiro atoms. The molecule has 3 aromatic rings. The number of nitrogens with one attached hydrogen (secondary N) is 1. The molecule has 2 aromatic carbocycles. The highest BCUT2D eigenvalue weighted by atomic mass is 35.5. The fourth-order valence-electron chi connectivity index (χ4n) is 3.36. The molecule has 0 aliphatic carbocycles. The molecule has 1 unspecified atom stereocenters. The maximum absolute atomic E-state index is 13.5. The molecule has 1 saturated heterocycles. The predicted molar refractivity (Wildman–Crippen MR) is 124 cm³/mol. The Morgan fingerprint density at radius 3 is 2.67 bits per heavy atom. The minimum absolute atomic E-state index is 0.0887. The first-order chi connectivity index (χ1) is 16.0. The Kier molecular flexibility index (Phi) is 6.82. The third kappa shape index (κ3) is 5.11. The summed E-state index contributed by atoms with van der Waals surface area (Å²) in [5, 5.41) is 12.6. The van der Waals surface area contributed by atoms with Gasteiger partial charge in [-0.15, -0.1) is 0 Å². The third-order valence-corrected chi connectivity index (χ3v) is 6.40. The summed E-state index contributed by atoms with van der Waals surface area (Å²) < 4.78 is 18.7. The van der Waals surface area contributed by atoms with Crippen LogP contribution in [0.25, 0.3) is 0 Å². The molecule has 2 heterocycles. The van der Waals surface area contributed by atoms with Crippen LogP contribution in [-0.4, -0.2) is 17.1 Å². The fourth-order valence-corrected chi connectivity index (χ4v) is 4.88. The molecule has 2 amide bonds. The second kappa shape index (κ2) is 9.94. The number of amides is 2. The van der Waals surface area contributed by atoms with Crippen LogP contribution >= 0.6 is 23.4 Å². The number of hydrogen-bond donors (Lipinski definition) is 1. The summed E-state index contributed by atoms with van der Waals surface area (Å²) >= 11 is 7.20. The minimum atomic E-state index is -0.639. The number of anilines is 1. The third-order valence-electron chi connectivity index (χ3n) is 4.90. The molecule has 4 rings (SSSR count). The van der Waals surface area contributed by atoms with Gasteiger partial charge in [-0.25, -0.2) is 4.39 Å².